The largest absolute Gasteiger partial charge is 0.354 e. The second-order valence-corrected chi connectivity index (χ2v) is 4.59. The third kappa shape index (κ3) is 3.60. The number of amides is 1. The van der Waals surface area contributed by atoms with Crippen molar-refractivity contribution in [2.24, 2.45) is 0 Å². The van der Waals surface area contributed by atoms with E-state index >= 15 is 0 Å². The van der Waals surface area contributed by atoms with Gasteiger partial charge < -0.3 is 15.2 Å². The first-order chi connectivity index (χ1) is 9.70. The fraction of sp³-hybridized carbons (Fsp3) is 0.333. The van der Waals surface area contributed by atoms with E-state index in [2.05, 4.69) is 22.5 Å². The highest BCUT2D eigenvalue weighted by Crippen LogP contribution is 2.03. The van der Waals surface area contributed by atoms with E-state index in [1.807, 2.05) is 42.0 Å². The minimum atomic E-state index is -0.0503. The van der Waals surface area contributed by atoms with Crippen molar-refractivity contribution >= 4 is 11.9 Å². The summed E-state index contributed by atoms with van der Waals surface area (Å²) in [6.07, 6.45) is 3.68. The van der Waals surface area contributed by atoms with Crippen LogP contribution in [0.15, 0.2) is 36.7 Å². The Morgan fingerprint density at radius 1 is 1.25 bits per heavy atom. The van der Waals surface area contributed by atoms with Crippen molar-refractivity contribution in [2.75, 3.05) is 18.4 Å². The molecule has 0 radical (unpaired) electrons. The molecule has 1 aromatic heterocycles. The Morgan fingerprint density at radius 3 is 2.70 bits per heavy atom. The van der Waals surface area contributed by atoms with Crippen molar-refractivity contribution in [1.82, 2.24) is 14.9 Å². The third-order valence-corrected chi connectivity index (χ3v) is 3.06. The van der Waals surface area contributed by atoms with E-state index in [-0.39, 0.29) is 5.91 Å². The number of aromatic nitrogens is 2. The summed E-state index contributed by atoms with van der Waals surface area (Å²) in [5.41, 5.74) is 1.83. The van der Waals surface area contributed by atoms with Gasteiger partial charge in [-0.25, -0.2) is 4.98 Å². The topological polar surface area (TPSA) is 59.0 Å². The number of anilines is 1. The normalized spacial score (nSPS) is 10.3. The molecule has 0 aliphatic carbocycles. The van der Waals surface area contributed by atoms with Crippen LogP contribution >= 0.6 is 0 Å². The lowest BCUT2D eigenvalue weighted by molar-refractivity contribution is 0.0955. The quantitative estimate of drug-likeness (QED) is 0.791. The molecule has 106 valence electrons. The van der Waals surface area contributed by atoms with Crippen molar-refractivity contribution < 1.29 is 4.79 Å². The molecule has 5 heteroatoms. The summed E-state index contributed by atoms with van der Waals surface area (Å²) in [6, 6.07) is 7.54. The van der Waals surface area contributed by atoms with Gasteiger partial charge in [-0.3, -0.25) is 4.79 Å². The van der Waals surface area contributed by atoms with Crippen LogP contribution < -0.4 is 10.6 Å². The second-order valence-electron chi connectivity index (χ2n) is 4.59. The summed E-state index contributed by atoms with van der Waals surface area (Å²) >= 11 is 0. The summed E-state index contributed by atoms with van der Waals surface area (Å²) < 4.78 is 2.02. The number of nitrogens with one attached hydrogen (secondary N) is 2. The Labute approximate surface area is 119 Å². The van der Waals surface area contributed by atoms with Crippen LogP contribution in [0, 0.1) is 6.92 Å². The predicted molar refractivity (Wildman–Crippen MR) is 79.9 cm³/mol. The first-order valence-electron chi connectivity index (χ1n) is 6.80. The van der Waals surface area contributed by atoms with E-state index in [1.165, 1.54) is 0 Å². The number of imidazole rings is 1. The lowest BCUT2D eigenvalue weighted by Gasteiger charge is -2.09. The Bertz CT molecular complexity index is 560. The van der Waals surface area contributed by atoms with Crippen LogP contribution in [0.4, 0.5) is 5.95 Å². The molecular formula is C15H20N4O. The first-order valence-corrected chi connectivity index (χ1v) is 6.80. The van der Waals surface area contributed by atoms with Crippen LogP contribution in [0.2, 0.25) is 0 Å². The number of aryl methyl sites for hydroxylation is 2. The lowest BCUT2D eigenvalue weighted by atomic mass is 10.1. The van der Waals surface area contributed by atoms with Crippen LogP contribution in [0.1, 0.15) is 22.8 Å². The average molecular weight is 272 g/mol. The molecule has 2 aromatic rings. The molecular weight excluding hydrogens is 252 g/mol. The van der Waals surface area contributed by atoms with Gasteiger partial charge in [0.1, 0.15) is 0 Å². The Hall–Kier alpha value is -2.30. The molecule has 0 saturated heterocycles. The highest BCUT2D eigenvalue weighted by molar-refractivity contribution is 5.94. The number of hydrogen-bond acceptors (Lipinski definition) is 3. The maximum atomic E-state index is 11.9. The van der Waals surface area contributed by atoms with Gasteiger partial charge in [-0.1, -0.05) is 17.7 Å². The molecule has 5 nitrogen and oxygen atoms in total. The summed E-state index contributed by atoms with van der Waals surface area (Å²) in [4.78, 5) is 16.1. The van der Waals surface area contributed by atoms with Crippen LogP contribution in [-0.2, 0) is 6.54 Å². The van der Waals surface area contributed by atoms with Crippen molar-refractivity contribution in [1.29, 1.82) is 0 Å². The molecule has 0 saturated carbocycles. The number of carbonyl (C=O) groups excluding carboxylic acids is 1. The fourth-order valence-corrected chi connectivity index (χ4v) is 1.89. The van der Waals surface area contributed by atoms with Gasteiger partial charge in [0.2, 0.25) is 5.95 Å². The lowest BCUT2D eigenvalue weighted by Crippen LogP contribution is -2.29. The summed E-state index contributed by atoms with van der Waals surface area (Å²) in [5.74, 6) is 0.780. The zero-order valence-corrected chi connectivity index (χ0v) is 11.9. The van der Waals surface area contributed by atoms with Gasteiger partial charge in [-0.2, -0.15) is 0 Å². The molecule has 0 bridgehead atoms. The van der Waals surface area contributed by atoms with Crippen molar-refractivity contribution in [2.45, 2.75) is 20.4 Å². The number of nitrogens with zero attached hydrogens (tertiary/aromatic N) is 2. The molecule has 2 N–H and O–H groups in total. The minimum Gasteiger partial charge on any atom is -0.354 e. The number of carbonyl (C=O) groups is 1. The highest BCUT2D eigenvalue weighted by atomic mass is 16.1. The monoisotopic (exact) mass is 272 g/mol. The Balaban J connectivity index is 1.76. The van der Waals surface area contributed by atoms with Crippen LogP contribution in [-0.4, -0.2) is 28.5 Å². The summed E-state index contributed by atoms with van der Waals surface area (Å²) in [6.45, 7) is 6.14. The SMILES string of the molecule is CCn1ccnc1NCCNC(=O)c1ccc(C)cc1. The molecule has 2 rings (SSSR count). The van der Waals surface area contributed by atoms with Crippen molar-refractivity contribution in [3.63, 3.8) is 0 Å². The molecule has 0 aliphatic heterocycles. The van der Waals surface area contributed by atoms with Gasteiger partial charge in [0.25, 0.3) is 5.91 Å². The summed E-state index contributed by atoms with van der Waals surface area (Å²) in [5, 5.41) is 6.08. The Kier molecular flexibility index (Phi) is 4.76. The maximum Gasteiger partial charge on any atom is 0.251 e. The van der Waals surface area contributed by atoms with Gasteiger partial charge >= 0.3 is 0 Å². The van der Waals surface area contributed by atoms with Crippen LogP contribution in [0.3, 0.4) is 0 Å². The maximum absolute atomic E-state index is 11.9. The average Bonchev–Trinajstić information content (AvgIpc) is 2.91. The predicted octanol–water partition coefficient (Wildman–Crippen LogP) is 2.05. The number of hydrogen-bond donors (Lipinski definition) is 2. The van der Waals surface area contributed by atoms with Gasteiger partial charge in [0, 0.05) is 37.6 Å². The summed E-state index contributed by atoms with van der Waals surface area (Å²) in [7, 11) is 0. The van der Waals surface area contributed by atoms with Gasteiger partial charge in [-0.05, 0) is 26.0 Å². The molecule has 0 unspecified atom stereocenters. The van der Waals surface area contributed by atoms with Crippen LogP contribution in [0.25, 0.3) is 0 Å². The highest BCUT2D eigenvalue weighted by Gasteiger charge is 2.04. The number of benzene rings is 1. The molecule has 1 aromatic carbocycles. The van der Waals surface area contributed by atoms with Gasteiger partial charge in [-0.15, -0.1) is 0 Å². The van der Waals surface area contributed by atoms with E-state index in [0.29, 0.717) is 18.7 Å². The number of rotatable bonds is 6. The van der Waals surface area contributed by atoms with E-state index < -0.39 is 0 Å². The molecule has 20 heavy (non-hydrogen) atoms. The zero-order chi connectivity index (χ0) is 14.4. The first kappa shape index (κ1) is 14.1. The second kappa shape index (κ2) is 6.75. The minimum absolute atomic E-state index is 0.0503. The van der Waals surface area contributed by atoms with E-state index in [0.717, 1.165) is 18.1 Å². The van der Waals surface area contributed by atoms with Crippen molar-refractivity contribution in [3.8, 4) is 0 Å². The molecule has 1 heterocycles. The van der Waals surface area contributed by atoms with E-state index in [1.54, 1.807) is 6.20 Å². The molecule has 0 spiro atoms. The van der Waals surface area contributed by atoms with Gasteiger partial charge in [0.15, 0.2) is 0 Å². The smallest absolute Gasteiger partial charge is 0.251 e. The molecule has 0 fully saturated rings. The van der Waals surface area contributed by atoms with E-state index in [9.17, 15) is 4.79 Å². The van der Waals surface area contributed by atoms with Gasteiger partial charge in [0.05, 0.1) is 0 Å². The zero-order valence-electron chi connectivity index (χ0n) is 11.9. The van der Waals surface area contributed by atoms with Crippen LogP contribution in [0.5, 0.6) is 0 Å². The van der Waals surface area contributed by atoms with E-state index in [4.69, 9.17) is 0 Å². The fourth-order valence-electron chi connectivity index (χ4n) is 1.89. The standard InChI is InChI=1S/C15H20N4O/c1-3-19-11-10-18-15(19)17-9-8-16-14(20)13-6-4-12(2)5-7-13/h4-7,10-11H,3,8-9H2,1-2H3,(H,16,20)(H,17,18). The molecule has 0 aliphatic rings. The van der Waals surface area contributed by atoms with Crippen molar-refractivity contribution in [3.05, 3.63) is 47.8 Å². The molecule has 0 atom stereocenters. The Morgan fingerprint density at radius 2 is 2.00 bits per heavy atom. The molecule has 1 amide bonds. The third-order valence-electron chi connectivity index (χ3n) is 3.06.